The summed E-state index contributed by atoms with van der Waals surface area (Å²) in [5, 5.41) is 0. The van der Waals surface area contributed by atoms with Gasteiger partial charge in [0.2, 0.25) is 0 Å². The summed E-state index contributed by atoms with van der Waals surface area (Å²) in [5.74, 6) is 1.71. The number of piperidine rings is 1. The van der Waals surface area contributed by atoms with Crippen LogP contribution in [0.3, 0.4) is 0 Å². The normalized spacial score (nSPS) is 17.5. The average Bonchev–Trinajstić information content (AvgIpc) is 2.38. The van der Waals surface area contributed by atoms with E-state index in [4.69, 9.17) is 18.0 Å². The molecule has 1 aromatic rings. The van der Waals surface area contributed by atoms with Crippen molar-refractivity contribution in [2.45, 2.75) is 33.6 Å². The molecule has 2 heterocycles. The second kappa shape index (κ2) is 5.41. The lowest BCUT2D eigenvalue weighted by molar-refractivity contribution is 0.198. The van der Waals surface area contributed by atoms with E-state index in [0.29, 0.717) is 16.1 Å². The second-order valence-corrected chi connectivity index (χ2v) is 6.69. The summed E-state index contributed by atoms with van der Waals surface area (Å²) < 4.78 is 0. The van der Waals surface area contributed by atoms with Crippen LogP contribution in [0, 0.1) is 11.3 Å². The Morgan fingerprint density at radius 3 is 2.32 bits per heavy atom. The van der Waals surface area contributed by atoms with Gasteiger partial charge in [-0.2, -0.15) is 0 Å². The van der Waals surface area contributed by atoms with Gasteiger partial charge in [0.05, 0.1) is 12.4 Å². The molecule has 1 aliphatic rings. The van der Waals surface area contributed by atoms with Crippen LogP contribution in [-0.2, 0) is 0 Å². The number of nitrogens with two attached hydrogens (primary N) is 1. The van der Waals surface area contributed by atoms with Crippen LogP contribution in [0.4, 0.5) is 5.82 Å². The Bertz CT molecular complexity index is 442. The summed E-state index contributed by atoms with van der Waals surface area (Å²) in [6, 6.07) is 0. The largest absolute Gasteiger partial charge is 0.388 e. The number of aromatic nitrogens is 2. The molecular formula is C14H22N4S. The molecule has 5 heteroatoms. The van der Waals surface area contributed by atoms with E-state index in [1.807, 2.05) is 0 Å². The van der Waals surface area contributed by atoms with Crippen LogP contribution >= 0.6 is 12.2 Å². The average molecular weight is 278 g/mol. The molecule has 1 fully saturated rings. The van der Waals surface area contributed by atoms with Crippen molar-refractivity contribution in [1.82, 2.24) is 9.97 Å². The van der Waals surface area contributed by atoms with Gasteiger partial charge in [-0.3, -0.25) is 0 Å². The van der Waals surface area contributed by atoms with Crippen molar-refractivity contribution in [3.05, 3.63) is 18.1 Å². The Balaban J connectivity index is 2.00. The van der Waals surface area contributed by atoms with E-state index in [1.165, 1.54) is 12.8 Å². The first-order chi connectivity index (χ1) is 8.88. The van der Waals surface area contributed by atoms with Gasteiger partial charge in [-0.15, -0.1) is 0 Å². The number of anilines is 1. The van der Waals surface area contributed by atoms with E-state index in [9.17, 15) is 0 Å². The van der Waals surface area contributed by atoms with Crippen LogP contribution in [-0.4, -0.2) is 28.0 Å². The van der Waals surface area contributed by atoms with Crippen molar-refractivity contribution < 1.29 is 0 Å². The lowest BCUT2D eigenvalue weighted by atomic mass is 9.75. The molecule has 0 saturated carbocycles. The molecule has 0 unspecified atom stereocenters. The van der Waals surface area contributed by atoms with Crippen LogP contribution in [0.2, 0.25) is 0 Å². The van der Waals surface area contributed by atoms with Crippen LogP contribution in [0.1, 0.15) is 39.3 Å². The Labute approximate surface area is 120 Å². The van der Waals surface area contributed by atoms with Gasteiger partial charge in [-0.05, 0) is 24.2 Å². The fourth-order valence-electron chi connectivity index (χ4n) is 2.59. The van der Waals surface area contributed by atoms with Gasteiger partial charge in [0, 0.05) is 13.1 Å². The molecule has 2 rings (SSSR count). The molecule has 1 aromatic heterocycles. The molecule has 0 amide bonds. The smallest absolute Gasteiger partial charge is 0.147 e. The van der Waals surface area contributed by atoms with E-state index in [1.54, 1.807) is 12.4 Å². The minimum absolute atomic E-state index is 0.297. The molecule has 19 heavy (non-hydrogen) atoms. The van der Waals surface area contributed by atoms with E-state index in [2.05, 4.69) is 35.6 Å². The standard InChI is InChI=1S/C14H22N4S/c1-14(2,3)10-4-6-18(7-5-10)12-9-16-11(8-17-12)13(15)19/h8-10H,4-7H2,1-3H3,(H2,15,19). The maximum absolute atomic E-state index is 5.52. The van der Waals surface area contributed by atoms with Crippen LogP contribution < -0.4 is 10.6 Å². The lowest BCUT2D eigenvalue weighted by Gasteiger charge is -2.39. The topological polar surface area (TPSA) is 55.0 Å². The summed E-state index contributed by atoms with van der Waals surface area (Å²) in [6.45, 7) is 9.06. The van der Waals surface area contributed by atoms with Crippen LogP contribution in [0.15, 0.2) is 12.4 Å². The molecule has 0 atom stereocenters. The highest BCUT2D eigenvalue weighted by atomic mass is 32.1. The second-order valence-electron chi connectivity index (χ2n) is 6.25. The molecule has 0 aromatic carbocycles. The number of rotatable bonds is 2. The van der Waals surface area contributed by atoms with Gasteiger partial charge in [0.25, 0.3) is 0 Å². The third kappa shape index (κ3) is 3.41. The Morgan fingerprint density at radius 1 is 1.26 bits per heavy atom. The highest BCUT2D eigenvalue weighted by molar-refractivity contribution is 7.80. The van der Waals surface area contributed by atoms with Crippen molar-refractivity contribution in [3.8, 4) is 0 Å². The van der Waals surface area contributed by atoms with E-state index >= 15 is 0 Å². The molecule has 0 bridgehead atoms. The Kier molecular flexibility index (Phi) is 4.04. The first-order valence-corrected chi connectivity index (χ1v) is 7.15. The van der Waals surface area contributed by atoms with Gasteiger partial charge in [-0.1, -0.05) is 33.0 Å². The maximum Gasteiger partial charge on any atom is 0.147 e. The predicted molar refractivity (Wildman–Crippen MR) is 82.3 cm³/mol. The fraction of sp³-hybridized carbons (Fsp3) is 0.643. The van der Waals surface area contributed by atoms with Crippen molar-refractivity contribution in [3.63, 3.8) is 0 Å². The number of nitrogens with zero attached hydrogens (tertiary/aromatic N) is 3. The zero-order chi connectivity index (χ0) is 14.0. The SMILES string of the molecule is CC(C)(C)C1CCN(c2cnc(C(N)=S)cn2)CC1. The van der Waals surface area contributed by atoms with Gasteiger partial charge >= 0.3 is 0 Å². The highest BCUT2D eigenvalue weighted by Crippen LogP contribution is 2.35. The molecule has 2 N–H and O–H groups in total. The highest BCUT2D eigenvalue weighted by Gasteiger charge is 2.29. The summed E-state index contributed by atoms with van der Waals surface area (Å²) in [7, 11) is 0. The zero-order valence-corrected chi connectivity index (χ0v) is 12.7. The predicted octanol–water partition coefficient (Wildman–Crippen LogP) is 2.37. The van der Waals surface area contributed by atoms with Crippen LogP contribution in [0.25, 0.3) is 0 Å². The Hall–Kier alpha value is -1.23. The lowest BCUT2D eigenvalue weighted by Crippen LogP contribution is -2.38. The Morgan fingerprint density at radius 2 is 1.89 bits per heavy atom. The first-order valence-electron chi connectivity index (χ1n) is 6.74. The monoisotopic (exact) mass is 278 g/mol. The number of hydrogen-bond acceptors (Lipinski definition) is 4. The minimum Gasteiger partial charge on any atom is -0.388 e. The molecular weight excluding hydrogens is 256 g/mol. The zero-order valence-electron chi connectivity index (χ0n) is 11.9. The number of hydrogen-bond donors (Lipinski definition) is 1. The van der Waals surface area contributed by atoms with E-state index in [-0.39, 0.29) is 0 Å². The van der Waals surface area contributed by atoms with Crippen LogP contribution in [0.5, 0.6) is 0 Å². The van der Waals surface area contributed by atoms with Crippen molar-refractivity contribution in [2.24, 2.45) is 17.1 Å². The maximum atomic E-state index is 5.52. The van der Waals surface area contributed by atoms with Gasteiger partial charge in [0.1, 0.15) is 16.5 Å². The van der Waals surface area contributed by atoms with Gasteiger partial charge < -0.3 is 10.6 Å². The van der Waals surface area contributed by atoms with Gasteiger partial charge in [0.15, 0.2) is 0 Å². The van der Waals surface area contributed by atoms with Crippen molar-refractivity contribution in [1.29, 1.82) is 0 Å². The molecule has 0 radical (unpaired) electrons. The quantitative estimate of drug-likeness (QED) is 0.842. The fourth-order valence-corrected chi connectivity index (χ4v) is 2.69. The molecule has 4 nitrogen and oxygen atoms in total. The summed E-state index contributed by atoms with van der Waals surface area (Å²) >= 11 is 4.88. The summed E-state index contributed by atoms with van der Waals surface area (Å²) in [4.78, 5) is 11.2. The van der Waals surface area contributed by atoms with E-state index < -0.39 is 0 Å². The molecule has 104 valence electrons. The van der Waals surface area contributed by atoms with Crippen molar-refractivity contribution >= 4 is 23.0 Å². The number of thiocarbonyl (C=S) groups is 1. The van der Waals surface area contributed by atoms with Crippen molar-refractivity contribution in [2.75, 3.05) is 18.0 Å². The minimum atomic E-state index is 0.297. The molecule has 1 saturated heterocycles. The van der Waals surface area contributed by atoms with Gasteiger partial charge in [-0.25, -0.2) is 9.97 Å². The molecule has 0 aliphatic carbocycles. The summed E-state index contributed by atoms with van der Waals surface area (Å²) in [5.41, 5.74) is 6.51. The van der Waals surface area contributed by atoms with E-state index in [0.717, 1.165) is 24.8 Å². The molecule has 0 spiro atoms. The third-order valence-corrected chi connectivity index (χ3v) is 4.14. The third-order valence-electron chi connectivity index (χ3n) is 3.93. The molecule has 1 aliphatic heterocycles. The summed E-state index contributed by atoms with van der Waals surface area (Å²) in [6.07, 6.45) is 5.85. The first kappa shape index (κ1) is 14.2.